The zero-order valence-electron chi connectivity index (χ0n) is 13.6. The van der Waals surface area contributed by atoms with Gasteiger partial charge in [0.15, 0.2) is 0 Å². The van der Waals surface area contributed by atoms with Crippen LogP contribution in [0.4, 0.5) is 0 Å². The summed E-state index contributed by atoms with van der Waals surface area (Å²) >= 11 is 0. The number of carboxylic acid groups (broad SMARTS) is 1. The highest BCUT2D eigenvalue weighted by Crippen LogP contribution is 2.21. The van der Waals surface area contributed by atoms with Gasteiger partial charge in [-0.25, -0.2) is 0 Å². The van der Waals surface area contributed by atoms with Crippen molar-refractivity contribution in [3.63, 3.8) is 0 Å². The molecule has 2 fully saturated rings. The Morgan fingerprint density at radius 3 is 2.67 bits per heavy atom. The van der Waals surface area contributed by atoms with Crippen molar-refractivity contribution in [2.24, 2.45) is 5.92 Å². The first-order chi connectivity index (χ1) is 11.6. The summed E-state index contributed by atoms with van der Waals surface area (Å²) in [7, 11) is 0. The molecule has 1 aromatic carbocycles. The average Bonchev–Trinajstić information content (AvgIpc) is 3.13. The molecule has 0 spiro atoms. The van der Waals surface area contributed by atoms with Crippen molar-refractivity contribution in [3.8, 4) is 5.75 Å². The number of rotatable bonds is 5. The summed E-state index contributed by atoms with van der Waals surface area (Å²) in [5.41, 5.74) is 0.561. The van der Waals surface area contributed by atoms with Crippen LogP contribution in [0.5, 0.6) is 5.75 Å². The maximum Gasteiger partial charge on any atom is 0.308 e. The van der Waals surface area contributed by atoms with Crippen molar-refractivity contribution < 1.29 is 24.2 Å². The zero-order valence-corrected chi connectivity index (χ0v) is 13.6. The van der Waals surface area contributed by atoms with Gasteiger partial charge in [-0.05, 0) is 49.9 Å². The Morgan fingerprint density at radius 1 is 1.21 bits per heavy atom. The van der Waals surface area contributed by atoms with E-state index in [-0.39, 0.29) is 18.6 Å². The van der Waals surface area contributed by atoms with E-state index in [2.05, 4.69) is 0 Å². The van der Waals surface area contributed by atoms with Crippen LogP contribution in [0.25, 0.3) is 0 Å². The second-order valence-electron chi connectivity index (χ2n) is 6.40. The van der Waals surface area contributed by atoms with E-state index in [4.69, 9.17) is 14.6 Å². The fourth-order valence-corrected chi connectivity index (χ4v) is 3.20. The molecule has 1 N–H and O–H groups in total. The molecule has 2 saturated heterocycles. The Bertz CT molecular complexity index is 580. The molecule has 2 atom stereocenters. The third kappa shape index (κ3) is 4.06. The van der Waals surface area contributed by atoms with Gasteiger partial charge in [0.2, 0.25) is 0 Å². The van der Waals surface area contributed by atoms with Gasteiger partial charge in [0, 0.05) is 25.3 Å². The molecule has 0 aliphatic carbocycles. The smallest absolute Gasteiger partial charge is 0.308 e. The van der Waals surface area contributed by atoms with Gasteiger partial charge in [-0.15, -0.1) is 0 Å². The molecule has 130 valence electrons. The standard InChI is InChI=1S/C18H23NO5/c20-17(19-9-1-3-14(11-19)18(21)22)13-5-7-15(8-6-13)24-12-16-4-2-10-23-16/h5-8,14,16H,1-4,9-12H2,(H,21,22)/t14-,16?/m0/s1. The predicted octanol–water partition coefficient (Wildman–Crippen LogP) is 2.18. The van der Waals surface area contributed by atoms with E-state index >= 15 is 0 Å². The van der Waals surface area contributed by atoms with E-state index in [0.29, 0.717) is 30.9 Å². The molecule has 2 aliphatic rings. The number of amides is 1. The Kier molecular flexibility index (Phi) is 5.35. The SMILES string of the molecule is O=C(O)[C@H]1CCCN(C(=O)c2ccc(OCC3CCCO3)cc2)C1. The van der Waals surface area contributed by atoms with Crippen molar-refractivity contribution in [2.45, 2.75) is 31.8 Å². The van der Waals surface area contributed by atoms with Crippen molar-refractivity contribution in [1.82, 2.24) is 4.90 Å². The van der Waals surface area contributed by atoms with Crippen LogP contribution in [0.15, 0.2) is 24.3 Å². The lowest BCUT2D eigenvalue weighted by Gasteiger charge is -2.30. The van der Waals surface area contributed by atoms with Gasteiger partial charge in [0.1, 0.15) is 12.4 Å². The maximum atomic E-state index is 12.5. The summed E-state index contributed by atoms with van der Waals surface area (Å²) in [4.78, 5) is 25.3. The van der Waals surface area contributed by atoms with E-state index < -0.39 is 11.9 Å². The molecule has 1 unspecified atom stereocenters. The van der Waals surface area contributed by atoms with Crippen molar-refractivity contribution >= 4 is 11.9 Å². The second kappa shape index (κ2) is 7.66. The van der Waals surface area contributed by atoms with Crippen LogP contribution < -0.4 is 4.74 Å². The van der Waals surface area contributed by atoms with E-state index in [1.165, 1.54) is 0 Å². The topological polar surface area (TPSA) is 76.1 Å². The molecule has 0 saturated carbocycles. The van der Waals surface area contributed by atoms with Crippen LogP contribution >= 0.6 is 0 Å². The molecule has 6 nitrogen and oxygen atoms in total. The van der Waals surface area contributed by atoms with Crippen LogP contribution in [-0.4, -0.2) is 54.3 Å². The van der Waals surface area contributed by atoms with Gasteiger partial charge in [0.25, 0.3) is 5.91 Å². The number of likely N-dealkylation sites (tertiary alicyclic amines) is 1. The van der Waals surface area contributed by atoms with Crippen LogP contribution in [0.1, 0.15) is 36.0 Å². The lowest BCUT2D eigenvalue weighted by molar-refractivity contribution is -0.143. The third-order valence-corrected chi connectivity index (χ3v) is 4.62. The molecule has 3 rings (SSSR count). The number of ether oxygens (including phenoxy) is 2. The number of benzene rings is 1. The lowest BCUT2D eigenvalue weighted by Crippen LogP contribution is -2.42. The molecule has 24 heavy (non-hydrogen) atoms. The normalized spacial score (nSPS) is 23.9. The number of nitrogens with zero attached hydrogens (tertiary/aromatic N) is 1. The van der Waals surface area contributed by atoms with Crippen LogP contribution in [-0.2, 0) is 9.53 Å². The van der Waals surface area contributed by atoms with E-state index in [9.17, 15) is 9.59 Å². The molecule has 0 bridgehead atoms. The minimum atomic E-state index is -0.828. The van der Waals surface area contributed by atoms with Gasteiger partial charge in [-0.2, -0.15) is 0 Å². The summed E-state index contributed by atoms with van der Waals surface area (Å²) in [6.45, 7) is 2.22. The summed E-state index contributed by atoms with van der Waals surface area (Å²) in [5, 5.41) is 9.13. The van der Waals surface area contributed by atoms with Crippen LogP contribution in [0.2, 0.25) is 0 Å². The first kappa shape index (κ1) is 16.8. The van der Waals surface area contributed by atoms with Gasteiger partial charge in [0.05, 0.1) is 12.0 Å². The van der Waals surface area contributed by atoms with Crippen molar-refractivity contribution in [3.05, 3.63) is 29.8 Å². The summed E-state index contributed by atoms with van der Waals surface area (Å²) in [6, 6.07) is 7.02. The van der Waals surface area contributed by atoms with E-state index in [1.54, 1.807) is 29.2 Å². The Labute approximate surface area is 141 Å². The molecule has 2 heterocycles. The highest BCUT2D eigenvalue weighted by molar-refractivity contribution is 5.94. The minimum Gasteiger partial charge on any atom is -0.491 e. The highest BCUT2D eigenvalue weighted by atomic mass is 16.5. The molecule has 2 aliphatic heterocycles. The number of hydrogen-bond donors (Lipinski definition) is 1. The zero-order chi connectivity index (χ0) is 16.9. The number of aliphatic carboxylic acids is 1. The Hall–Kier alpha value is -2.08. The monoisotopic (exact) mass is 333 g/mol. The lowest BCUT2D eigenvalue weighted by atomic mass is 9.97. The summed E-state index contributed by atoms with van der Waals surface area (Å²) in [5.74, 6) is -0.696. The molecular formula is C18H23NO5. The Morgan fingerprint density at radius 2 is 2.00 bits per heavy atom. The van der Waals surface area contributed by atoms with E-state index in [0.717, 1.165) is 25.9 Å². The second-order valence-corrected chi connectivity index (χ2v) is 6.40. The number of carbonyl (C=O) groups is 2. The molecule has 6 heteroatoms. The van der Waals surface area contributed by atoms with E-state index in [1.807, 2.05) is 0 Å². The molecule has 0 radical (unpaired) electrons. The number of carboxylic acids is 1. The first-order valence-corrected chi connectivity index (χ1v) is 8.50. The van der Waals surface area contributed by atoms with Crippen molar-refractivity contribution in [2.75, 3.05) is 26.3 Å². The van der Waals surface area contributed by atoms with Crippen molar-refractivity contribution in [1.29, 1.82) is 0 Å². The summed E-state index contributed by atoms with van der Waals surface area (Å²) < 4.78 is 11.2. The Balaban J connectivity index is 1.56. The summed E-state index contributed by atoms with van der Waals surface area (Å²) in [6.07, 6.45) is 3.62. The minimum absolute atomic E-state index is 0.119. The fraction of sp³-hybridized carbons (Fsp3) is 0.556. The molecule has 0 aromatic heterocycles. The number of hydrogen-bond acceptors (Lipinski definition) is 4. The number of piperidine rings is 1. The molecular weight excluding hydrogens is 310 g/mol. The fourth-order valence-electron chi connectivity index (χ4n) is 3.20. The first-order valence-electron chi connectivity index (χ1n) is 8.50. The van der Waals surface area contributed by atoms with Gasteiger partial charge in [-0.3, -0.25) is 9.59 Å². The predicted molar refractivity (Wildman–Crippen MR) is 87.2 cm³/mol. The molecule has 1 aromatic rings. The quantitative estimate of drug-likeness (QED) is 0.894. The van der Waals surface area contributed by atoms with Gasteiger partial charge in [-0.1, -0.05) is 0 Å². The average molecular weight is 333 g/mol. The maximum absolute atomic E-state index is 12.5. The van der Waals surface area contributed by atoms with Gasteiger partial charge >= 0.3 is 5.97 Å². The van der Waals surface area contributed by atoms with Crippen LogP contribution in [0, 0.1) is 5.92 Å². The largest absolute Gasteiger partial charge is 0.491 e. The van der Waals surface area contributed by atoms with Crippen LogP contribution in [0.3, 0.4) is 0 Å². The molecule has 1 amide bonds. The third-order valence-electron chi connectivity index (χ3n) is 4.62. The van der Waals surface area contributed by atoms with Gasteiger partial charge < -0.3 is 19.5 Å². The number of carbonyl (C=O) groups excluding carboxylic acids is 1. The highest BCUT2D eigenvalue weighted by Gasteiger charge is 2.28.